The quantitative estimate of drug-likeness (QED) is 0.927. The van der Waals surface area contributed by atoms with Gasteiger partial charge in [0.1, 0.15) is 15.9 Å². The molecule has 0 saturated heterocycles. The Morgan fingerprint density at radius 3 is 2.89 bits per heavy atom. The molecule has 2 rings (SSSR count). The predicted octanol–water partition coefficient (Wildman–Crippen LogP) is 3.15. The van der Waals surface area contributed by atoms with Crippen molar-refractivity contribution in [3.63, 3.8) is 0 Å². The van der Waals surface area contributed by atoms with Crippen molar-refractivity contribution in [3.8, 4) is 0 Å². The monoisotopic (exact) mass is 328 g/mol. The third-order valence-electron chi connectivity index (χ3n) is 4.04. The van der Waals surface area contributed by atoms with Crippen LogP contribution in [0.2, 0.25) is 0 Å². The number of methoxy groups -OCH3 is 1. The van der Waals surface area contributed by atoms with E-state index >= 15 is 0 Å². The van der Waals surface area contributed by atoms with E-state index in [1.807, 2.05) is 6.92 Å². The zero-order valence-electron chi connectivity index (χ0n) is 11.8. The molecular formula is C14H21BrN2O2. The van der Waals surface area contributed by atoms with Crippen LogP contribution in [0.3, 0.4) is 0 Å². The molecular weight excluding hydrogens is 308 g/mol. The zero-order chi connectivity index (χ0) is 14.0. The molecule has 1 heterocycles. The van der Waals surface area contributed by atoms with Crippen LogP contribution in [0.25, 0.3) is 0 Å². The average molecular weight is 329 g/mol. The highest BCUT2D eigenvalue weighted by atomic mass is 79.9. The van der Waals surface area contributed by atoms with Gasteiger partial charge in [-0.15, -0.1) is 0 Å². The number of rotatable bonds is 3. The molecule has 19 heavy (non-hydrogen) atoms. The summed E-state index contributed by atoms with van der Waals surface area (Å²) in [6.45, 7) is 4.23. The molecule has 1 N–H and O–H groups in total. The molecule has 1 fully saturated rings. The fourth-order valence-corrected chi connectivity index (χ4v) is 3.42. The van der Waals surface area contributed by atoms with Crippen molar-refractivity contribution in [3.05, 3.63) is 26.3 Å². The third-order valence-corrected chi connectivity index (χ3v) is 4.86. The van der Waals surface area contributed by atoms with Crippen molar-refractivity contribution in [1.82, 2.24) is 9.97 Å². The second-order valence-electron chi connectivity index (χ2n) is 5.43. The van der Waals surface area contributed by atoms with Gasteiger partial charge in [-0.05, 0) is 47.5 Å². The van der Waals surface area contributed by atoms with E-state index in [0.717, 1.165) is 31.4 Å². The van der Waals surface area contributed by atoms with Gasteiger partial charge in [0.15, 0.2) is 0 Å². The van der Waals surface area contributed by atoms with E-state index in [1.165, 1.54) is 6.42 Å². The Balaban J connectivity index is 2.49. The van der Waals surface area contributed by atoms with Crippen LogP contribution in [0.5, 0.6) is 0 Å². The molecule has 4 nitrogen and oxygen atoms in total. The number of halogens is 1. The van der Waals surface area contributed by atoms with Gasteiger partial charge in [-0.25, -0.2) is 4.98 Å². The molecule has 1 saturated carbocycles. The van der Waals surface area contributed by atoms with Crippen molar-refractivity contribution < 1.29 is 4.74 Å². The predicted molar refractivity (Wildman–Crippen MR) is 78.3 cm³/mol. The number of aromatic amines is 1. The zero-order valence-corrected chi connectivity index (χ0v) is 13.3. The number of aromatic nitrogens is 2. The van der Waals surface area contributed by atoms with Crippen molar-refractivity contribution in [2.24, 2.45) is 5.92 Å². The summed E-state index contributed by atoms with van der Waals surface area (Å²) in [6.07, 6.45) is 4.88. The largest absolute Gasteiger partial charge is 0.370 e. The first kappa shape index (κ1) is 14.7. The van der Waals surface area contributed by atoms with Gasteiger partial charge in [0.25, 0.3) is 5.56 Å². The maximum Gasteiger partial charge on any atom is 0.265 e. The Hall–Kier alpha value is -0.680. The van der Waals surface area contributed by atoms with Crippen molar-refractivity contribution in [1.29, 1.82) is 0 Å². The third kappa shape index (κ3) is 2.77. The maximum atomic E-state index is 12.0. The van der Waals surface area contributed by atoms with Gasteiger partial charge in [-0.1, -0.05) is 20.3 Å². The minimum absolute atomic E-state index is 0.114. The number of nitrogens with one attached hydrogen (secondary N) is 1. The molecule has 0 bridgehead atoms. The van der Waals surface area contributed by atoms with Crippen LogP contribution in [0.15, 0.2) is 9.27 Å². The first-order valence-corrected chi connectivity index (χ1v) is 7.66. The lowest BCUT2D eigenvalue weighted by Gasteiger charge is -2.38. The Kier molecular flexibility index (Phi) is 4.46. The van der Waals surface area contributed by atoms with Crippen LogP contribution in [-0.4, -0.2) is 17.1 Å². The van der Waals surface area contributed by atoms with Crippen LogP contribution < -0.4 is 5.56 Å². The molecule has 0 aromatic carbocycles. The summed E-state index contributed by atoms with van der Waals surface area (Å²) in [5, 5.41) is 0. The molecule has 0 aliphatic heterocycles. The van der Waals surface area contributed by atoms with Crippen LogP contribution in [0.1, 0.15) is 51.0 Å². The lowest BCUT2D eigenvalue weighted by molar-refractivity contribution is -0.0649. The number of nitrogens with zero attached hydrogens (tertiary/aromatic N) is 1. The summed E-state index contributed by atoms with van der Waals surface area (Å²) in [5.41, 5.74) is 0.256. The van der Waals surface area contributed by atoms with Crippen LogP contribution in [0.4, 0.5) is 0 Å². The summed E-state index contributed by atoms with van der Waals surface area (Å²) in [5.74, 6) is 1.28. The van der Waals surface area contributed by atoms with E-state index in [2.05, 4.69) is 32.8 Å². The van der Waals surface area contributed by atoms with Crippen LogP contribution in [0, 0.1) is 5.92 Å². The first-order chi connectivity index (χ1) is 9.02. The lowest BCUT2D eigenvalue weighted by Crippen LogP contribution is -2.38. The molecule has 2 unspecified atom stereocenters. The van der Waals surface area contributed by atoms with Crippen molar-refractivity contribution >= 4 is 15.9 Å². The minimum atomic E-state index is -0.429. The number of hydrogen-bond donors (Lipinski definition) is 1. The van der Waals surface area contributed by atoms with E-state index < -0.39 is 5.60 Å². The molecule has 1 aliphatic rings. The molecule has 0 radical (unpaired) electrons. The van der Waals surface area contributed by atoms with Crippen molar-refractivity contribution in [2.45, 2.75) is 51.6 Å². The number of H-pyrrole nitrogens is 1. The molecule has 1 aliphatic carbocycles. The summed E-state index contributed by atoms with van der Waals surface area (Å²) < 4.78 is 6.32. The first-order valence-electron chi connectivity index (χ1n) is 6.86. The topological polar surface area (TPSA) is 55.0 Å². The van der Waals surface area contributed by atoms with Crippen molar-refractivity contribution in [2.75, 3.05) is 7.11 Å². The van der Waals surface area contributed by atoms with E-state index in [0.29, 0.717) is 16.2 Å². The normalized spacial score (nSPS) is 27.5. The molecule has 1 aromatic rings. The highest BCUT2D eigenvalue weighted by Gasteiger charge is 2.39. The molecule has 0 spiro atoms. The lowest BCUT2D eigenvalue weighted by atomic mass is 9.78. The Morgan fingerprint density at radius 1 is 1.58 bits per heavy atom. The second-order valence-corrected chi connectivity index (χ2v) is 6.22. The van der Waals surface area contributed by atoms with E-state index in [1.54, 1.807) is 7.11 Å². The maximum absolute atomic E-state index is 12.0. The van der Waals surface area contributed by atoms with E-state index in [9.17, 15) is 4.79 Å². The van der Waals surface area contributed by atoms with Crippen LogP contribution in [-0.2, 0) is 16.8 Å². The average Bonchev–Trinajstić information content (AvgIpc) is 2.41. The summed E-state index contributed by atoms with van der Waals surface area (Å²) >= 11 is 3.30. The molecule has 2 atom stereocenters. The molecule has 0 amide bonds. The Bertz CT molecular complexity index is 515. The highest BCUT2D eigenvalue weighted by Crippen LogP contribution is 2.40. The summed E-state index contributed by atoms with van der Waals surface area (Å²) in [7, 11) is 1.71. The number of aryl methyl sites for hydroxylation is 1. The molecule has 1 aromatic heterocycles. The molecule has 5 heteroatoms. The van der Waals surface area contributed by atoms with Gasteiger partial charge in [0.2, 0.25) is 0 Å². The standard InChI is InChI=1S/C14H21BrN2O2/c1-4-10-11(15)12(18)17-13(16-10)14(19-3)7-5-6-9(2)8-14/h9H,4-8H2,1-3H3,(H,16,17,18). The fourth-order valence-electron chi connectivity index (χ4n) is 2.96. The van der Waals surface area contributed by atoms with E-state index in [4.69, 9.17) is 4.74 Å². The van der Waals surface area contributed by atoms with Gasteiger partial charge < -0.3 is 9.72 Å². The fraction of sp³-hybridized carbons (Fsp3) is 0.714. The number of hydrogen-bond acceptors (Lipinski definition) is 3. The summed E-state index contributed by atoms with van der Waals surface area (Å²) in [4.78, 5) is 19.5. The Labute approximate surface area is 122 Å². The second kappa shape index (κ2) is 5.75. The highest BCUT2D eigenvalue weighted by molar-refractivity contribution is 9.10. The molecule has 106 valence electrons. The van der Waals surface area contributed by atoms with Gasteiger partial charge in [0, 0.05) is 7.11 Å². The minimum Gasteiger partial charge on any atom is -0.370 e. The van der Waals surface area contributed by atoms with Gasteiger partial charge in [-0.2, -0.15) is 0 Å². The summed E-state index contributed by atoms with van der Waals surface area (Å²) in [6, 6.07) is 0. The van der Waals surface area contributed by atoms with Gasteiger partial charge in [0.05, 0.1) is 5.69 Å². The van der Waals surface area contributed by atoms with Crippen LogP contribution >= 0.6 is 15.9 Å². The van der Waals surface area contributed by atoms with E-state index in [-0.39, 0.29) is 5.56 Å². The van der Waals surface area contributed by atoms with Gasteiger partial charge >= 0.3 is 0 Å². The smallest absolute Gasteiger partial charge is 0.265 e. The SMILES string of the molecule is CCc1nc(C2(OC)CCCC(C)C2)[nH]c(=O)c1Br. The number of ether oxygens (including phenoxy) is 1. The van der Waals surface area contributed by atoms with Gasteiger partial charge in [-0.3, -0.25) is 4.79 Å². The Morgan fingerprint density at radius 2 is 2.32 bits per heavy atom.